The molecule has 168 valence electrons. The van der Waals surface area contributed by atoms with Crippen LogP contribution >= 0.6 is 0 Å². The number of fused-ring (bicyclic) bond motifs is 1. The van der Waals surface area contributed by atoms with Crippen LogP contribution < -0.4 is 5.73 Å². The molecular formula is C25H29N3O4. The van der Waals surface area contributed by atoms with Crippen molar-refractivity contribution in [1.82, 2.24) is 9.80 Å². The largest absolute Gasteiger partial charge is 0.383 e. The van der Waals surface area contributed by atoms with Crippen molar-refractivity contribution < 1.29 is 19.1 Å². The van der Waals surface area contributed by atoms with Crippen LogP contribution in [-0.2, 0) is 14.3 Å². The van der Waals surface area contributed by atoms with Gasteiger partial charge in [-0.25, -0.2) is 0 Å². The minimum atomic E-state index is -0.574. The van der Waals surface area contributed by atoms with Crippen LogP contribution in [0.5, 0.6) is 0 Å². The van der Waals surface area contributed by atoms with Crippen molar-refractivity contribution in [3.63, 3.8) is 0 Å². The molecule has 2 aliphatic heterocycles. The lowest BCUT2D eigenvalue weighted by Crippen LogP contribution is -2.51. The van der Waals surface area contributed by atoms with Gasteiger partial charge in [0.05, 0.1) is 24.5 Å². The van der Waals surface area contributed by atoms with Crippen LogP contribution in [0.4, 0.5) is 0 Å². The molecule has 1 fully saturated rings. The molecule has 0 bridgehead atoms. The Morgan fingerprint density at radius 1 is 1.09 bits per heavy atom. The number of nitrogens with two attached hydrogens (primary N) is 1. The van der Waals surface area contributed by atoms with Crippen LogP contribution in [0, 0.1) is 5.92 Å². The third-order valence-corrected chi connectivity index (χ3v) is 6.52. The monoisotopic (exact) mass is 435 g/mol. The van der Waals surface area contributed by atoms with Gasteiger partial charge in [0.2, 0.25) is 11.8 Å². The van der Waals surface area contributed by atoms with Gasteiger partial charge in [-0.2, -0.15) is 0 Å². The molecule has 7 nitrogen and oxygen atoms in total. The van der Waals surface area contributed by atoms with E-state index in [9.17, 15) is 14.4 Å². The topological polar surface area (TPSA) is 92.9 Å². The van der Waals surface area contributed by atoms with E-state index in [2.05, 4.69) is 0 Å². The van der Waals surface area contributed by atoms with Crippen molar-refractivity contribution >= 4 is 17.7 Å². The van der Waals surface area contributed by atoms with Gasteiger partial charge in [-0.05, 0) is 30.0 Å². The van der Waals surface area contributed by atoms with E-state index in [0.717, 1.165) is 17.5 Å². The molecule has 0 unspecified atom stereocenters. The molecule has 4 rings (SSSR count). The van der Waals surface area contributed by atoms with Gasteiger partial charge in [-0.1, -0.05) is 48.5 Å². The van der Waals surface area contributed by atoms with Gasteiger partial charge in [0, 0.05) is 32.3 Å². The van der Waals surface area contributed by atoms with Crippen LogP contribution in [0.1, 0.15) is 46.3 Å². The summed E-state index contributed by atoms with van der Waals surface area (Å²) in [5.41, 5.74) is 7.72. The van der Waals surface area contributed by atoms with Crippen molar-refractivity contribution in [3.05, 3.63) is 71.3 Å². The van der Waals surface area contributed by atoms with Crippen molar-refractivity contribution in [2.45, 2.75) is 24.8 Å². The first-order valence-corrected chi connectivity index (χ1v) is 11.0. The Hall–Kier alpha value is -3.19. The summed E-state index contributed by atoms with van der Waals surface area (Å²) in [7, 11) is 1.60. The number of rotatable bonds is 6. The molecule has 2 heterocycles. The van der Waals surface area contributed by atoms with Crippen molar-refractivity contribution in [2.75, 3.05) is 33.4 Å². The number of carbonyl (C=O) groups is 3. The third-order valence-electron chi connectivity index (χ3n) is 6.52. The maximum Gasteiger partial charge on any atom is 0.254 e. The number of likely N-dealkylation sites (tertiary alicyclic amines) is 1. The minimum Gasteiger partial charge on any atom is -0.383 e. The SMILES string of the molecule is COCCN1C(=O)c2ccccc2[C@H](C(=O)N2CCC[C@H](C(N)=O)C2)[C@@H]1c1ccccc1. The zero-order valence-corrected chi connectivity index (χ0v) is 18.3. The molecule has 1 saturated heterocycles. The Morgan fingerprint density at radius 3 is 2.53 bits per heavy atom. The fourth-order valence-electron chi connectivity index (χ4n) is 4.92. The lowest BCUT2D eigenvalue weighted by atomic mass is 9.78. The van der Waals surface area contributed by atoms with Gasteiger partial charge in [0.15, 0.2) is 0 Å². The first-order chi connectivity index (χ1) is 15.5. The van der Waals surface area contributed by atoms with E-state index in [1.54, 1.807) is 23.0 Å². The van der Waals surface area contributed by atoms with Crippen molar-refractivity contribution in [2.24, 2.45) is 11.7 Å². The molecular weight excluding hydrogens is 406 g/mol. The number of methoxy groups -OCH3 is 1. The quantitative estimate of drug-likeness (QED) is 0.754. The number of hydrogen-bond acceptors (Lipinski definition) is 4. The van der Waals surface area contributed by atoms with E-state index in [1.165, 1.54) is 0 Å². The van der Waals surface area contributed by atoms with Gasteiger partial charge in [-0.3, -0.25) is 14.4 Å². The Bertz CT molecular complexity index is 994. The van der Waals surface area contributed by atoms with E-state index < -0.39 is 12.0 Å². The molecule has 2 aromatic carbocycles. The number of hydrogen-bond donors (Lipinski definition) is 1. The first-order valence-electron chi connectivity index (χ1n) is 11.0. The maximum atomic E-state index is 14.0. The molecule has 0 aromatic heterocycles. The number of ether oxygens (including phenoxy) is 1. The Balaban J connectivity index is 1.80. The van der Waals surface area contributed by atoms with E-state index in [-0.39, 0.29) is 23.6 Å². The first kappa shape index (κ1) is 22.0. The van der Waals surface area contributed by atoms with Gasteiger partial charge in [0.1, 0.15) is 0 Å². The summed E-state index contributed by atoms with van der Waals surface area (Å²) in [4.78, 5) is 42.8. The molecule has 3 amide bonds. The van der Waals surface area contributed by atoms with Gasteiger partial charge in [-0.15, -0.1) is 0 Å². The lowest BCUT2D eigenvalue weighted by molar-refractivity contribution is -0.138. The molecule has 7 heteroatoms. The highest BCUT2D eigenvalue weighted by Crippen LogP contribution is 2.44. The second kappa shape index (κ2) is 9.53. The zero-order valence-electron chi connectivity index (χ0n) is 18.3. The number of primary amides is 1. The molecule has 2 aliphatic rings. The van der Waals surface area contributed by atoms with Crippen LogP contribution in [0.15, 0.2) is 54.6 Å². The molecule has 0 saturated carbocycles. The van der Waals surface area contributed by atoms with Gasteiger partial charge < -0.3 is 20.3 Å². The molecule has 0 spiro atoms. The van der Waals surface area contributed by atoms with Crippen molar-refractivity contribution in [3.8, 4) is 0 Å². The maximum absolute atomic E-state index is 14.0. The fourth-order valence-corrected chi connectivity index (χ4v) is 4.92. The zero-order chi connectivity index (χ0) is 22.7. The molecule has 0 radical (unpaired) electrons. The van der Waals surface area contributed by atoms with Crippen LogP contribution in [0.2, 0.25) is 0 Å². The minimum absolute atomic E-state index is 0.0767. The van der Waals surface area contributed by atoms with E-state index in [0.29, 0.717) is 38.2 Å². The van der Waals surface area contributed by atoms with Crippen LogP contribution in [0.3, 0.4) is 0 Å². The molecule has 2 aromatic rings. The number of piperidine rings is 1. The second-order valence-electron chi connectivity index (χ2n) is 8.44. The standard InChI is InChI=1S/C25H29N3O4/c1-32-15-14-28-22(17-8-3-2-4-9-17)21(19-11-5-6-12-20(19)24(28)30)25(31)27-13-7-10-18(16-27)23(26)29/h2-6,8-9,11-12,18,21-22H,7,10,13-16H2,1H3,(H2,26,29)/t18-,21-,22-/m0/s1. The predicted molar refractivity (Wildman–Crippen MR) is 120 cm³/mol. The summed E-state index contributed by atoms with van der Waals surface area (Å²) >= 11 is 0. The average Bonchev–Trinajstić information content (AvgIpc) is 2.83. The second-order valence-corrected chi connectivity index (χ2v) is 8.44. The van der Waals surface area contributed by atoms with Crippen molar-refractivity contribution in [1.29, 1.82) is 0 Å². The van der Waals surface area contributed by atoms with E-state index >= 15 is 0 Å². The van der Waals surface area contributed by atoms with Crippen LogP contribution in [-0.4, -0.2) is 60.9 Å². The Labute approximate surface area is 188 Å². The summed E-state index contributed by atoms with van der Waals surface area (Å²) in [5.74, 6) is -1.47. The summed E-state index contributed by atoms with van der Waals surface area (Å²) in [5, 5.41) is 0. The smallest absolute Gasteiger partial charge is 0.254 e. The number of amides is 3. The Morgan fingerprint density at radius 2 is 1.81 bits per heavy atom. The number of carbonyl (C=O) groups excluding carboxylic acids is 3. The summed E-state index contributed by atoms with van der Waals surface area (Å²) in [6, 6.07) is 16.5. The third kappa shape index (κ3) is 4.12. The van der Waals surface area contributed by atoms with Gasteiger partial charge in [0.25, 0.3) is 5.91 Å². The lowest BCUT2D eigenvalue weighted by Gasteiger charge is -2.44. The van der Waals surface area contributed by atoms with Crippen LogP contribution in [0.25, 0.3) is 0 Å². The molecule has 0 aliphatic carbocycles. The summed E-state index contributed by atoms with van der Waals surface area (Å²) in [6.45, 7) is 1.64. The fraction of sp³-hybridized carbons (Fsp3) is 0.400. The summed E-state index contributed by atoms with van der Waals surface area (Å²) in [6.07, 6.45) is 1.43. The average molecular weight is 436 g/mol. The normalized spacial score (nSPS) is 23.0. The molecule has 3 atom stereocenters. The highest BCUT2D eigenvalue weighted by molar-refractivity contribution is 6.01. The number of nitrogens with zero attached hydrogens (tertiary/aromatic N) is 2. The highest BCUT2D eigenvalue weighted by Gasteiger charge is 2.45. The highest BCUT2D eigenvalue weighted by atomic mass is 16.5. The molecule has 32 heavy (non-hydrogen) atoms. The van der Waals surface area contributed by atoms with E-state index in [1.807, 2.05) is 48.5 Å². The number of benzene rings is 2. The van der Waals surface area contributed by atoms with E-state index in [4.69, 9.17) is 10.5 Å². The predicted octanol–water partition coefficient (Wildman–Crippen LogP) is 2.34. The summed E-state index contributed by atoms with van der Waals surface area (Å²) < 4.78 is 5.28. The molecule has 2 N–H and O–H groups in total. The van der Waals surface area contributed by atoms with Gasteiger partial charge >= 0.3 is 0 Å². The Kier molecular flexibility index (Phi) is 6.55.